The molecular weight excluding hydrogens is 249 g/mol. The van der Waals surface area contributed by atoms with Crippen molar-refractivity contribution in [2.75, 3.05) is 13.1 Å². The van der Waals surface area contributed by atoms with Crippen molar-refractivity contribution in [2.24, 2.45) is 11.3 Å². The molecule has 1 aromatic rings. The van der Waals surface area contributed by atoms with Crippen LogP contribution < -0.4 is 5.32 Å². The van der Waals surface area contributed by atoms with Crippen LogP contribution in [0.3, 0.4) is 0 Å². The Morgan fingerprint density at radius 3 is 2.56 bits per heavy atom. The molecule has 0 amide bonds. The van der Waals surface area contributed by atoms with Crippen molar-refractivity contribution < 1.29 is 4.39 Å². The summed E-state index contributed by atoms with van der Waals surface area (Å²) in [5, 5.41) is 3.88. The number of hydrogen-bond donors (Lipinski definition) is 1. The van der Waals surface area contributed by atoms with Gasteiger partial charge < -0.3 is 5.32 Å². The lowest BCUT2D eigenvalue weighted by molar-refractivity contribution is 0.326. The zero-order chi connectivity index (χ0) is 13.8. The molecule has 0 saturated carbocycles. The Kier molecular flexibility index (Phi) is 5.61. The third-order valence-corrected chi connectivity index (χ3v) is 3.08. The van der Waals surface area contributed by atoms with Crippen molar-refractivity contribution in [3.05, 3.63) is 34.6 Å². The van der Waals surface area contributed by atoms with Crippen molar-refractivity contribution in [1.82, 2.24) is 5.32 Å². The molecule has 0 saturated heterocycles. The van der Waals surface area contributed by atoms with Crippen LogP contribution in [-0.4, -0.2) is 13.1 Å². The second kappa shape index (κ2) is 6.53. The van der Waals surface area contributed by atoms with E-state index in [2.05, 4.69) is 33.0 Å². The van der Waals surface area contributed by atoms with Crippen molar-refractivity contribution >= 4 is 11.6 Å². The molecule has 0 heterocycles. The molecule has 0 fully saturated rings. The highest BCUT2D eigenvalue weighted by Crippen LogP contribution is 2.24. The van der Waals surface area contributed by atoms with E-state index in [9.17, 15) is 4.39 Å². The fourth-order valence-corrected chi connectivity index (χ4v) is 2.10. The van der Waals surface area contributed by atoms with Gasteiger partial charge in [-0.05, 0) is 42.0 Å². The van der Waals surface area contributed by atoms with Gasteiger partial charge in [-0.1, -0.05) is 45.4 Å². The standard InChI is InChI=1S/C15H23ClFN/c1-11(2)9-18-10-15(3,4)8-12-5-6-13(16)7-14(12)17/h5-7,11,18H,8-10H2,1-4H3. The fourth-order valence-electron chi connectivity index (χ4n) is 1.94. The lowest BCUT2D eigenvalue weighted by Crippen LogP contribution is -2.33. The van der Waals surface area contributed by atoms with Crippen LogP contribution in [0.4, 0.5) is 4.39 Å². The van der Waals surface area contributed by atoms with E-state index in [1.807, 2.05) is 0 Å². The molecule has 3 heteroatoms. The molecule has 0 aliphatic rings. The Labute approximate surface area is 115 Å². The van der Waals surface area contributed by atoms with Gasteiger partial charge in [-0.2, -0.15) is 0 Å². The quantitative estimate of drug-likeness (QED) is 0.814. The van der Waals surface area contributed by atoms with E-state index in [0.717, 1.165) is 18.7 Å². The molecule has 0 spiro atoms. The summed E-state index contributed by atoms with van der Waals surface area (Å²) in [6.45, 7) is 10.5. The van der Waals surface area contributed by atoms with E-state index >= 15 is 0 Å². The van der Waals surface area contributed by atoms with Gasteiger partial charge in [0.15, 0.2) is 0 Å². The molecule has 1 rings (SSSR count). The zero-order valence-electron chi connectivity index (χ0n) is 11.7. The largest absolute Gasteiger partial charge is 0.316 e. The van der Waals surface area contributed by atoms with E-state index in [1.54, 1.807) is 12.1 Å². The number of nitrogens with one attached hydrogen (secondary N) is 1. The van der Waals surface area contributed by atoms with Crippen molar-refractivity contribution in [3.8, 4) is 0 Å². The smallest absolute Gasteiger partial charge is 0.127 e. The Morgan fingerprint density at radius 1 is 1.33 bits per heavy atom. The third-order valence-electron chi connectivity index (χ3n) is 2.84. The van der Waals surface area contributed by atoms with E-state index in [0.29, 0.717) is 17.4 Å². The van der Waals surface area contributed by atoms with Crippen LogP contribution in [-0.2, 0) is 6.42 Å². The van der Waals surface area contributed by atoms with E-state index in [4.69, 9.17) is 11.6 Å². The van der Waals surface area contributed by atoms with Crippen LogP contribution in [0.25, 0.3) is 0 Å². The van der Waals surface area contributed by atoms with Gasteiger partial charge in [0.1, 0.15) is 5.82 Å². The minimum absolute atomic E-state index is 0.0313. The molecule has 1 aromatic carbocycles. The first-order valence-electron chi connectivity index (χ1n) is 6.45. The first kappa shape index (κ1) is 15.5. The van der Waals surface area contributed by atoms with Crippen molar-refractivity contribution in [1.29, 1.82) is 0 Å². The van der Waals surface area contributed by atoms with Gasteiger partial charge in [0.25, 0.3) is 0 Å². The average molecular weight is 272 g/mol. The lowest BCUT2D eigenvalue weighted by atomic mass is 9.85. The maximum atomic E-state index is 13.7. The van der Waals surface area contributed by atoms with Gasteiger partial charge in [0.05, 0.1) is 0 Å². The maximum absolute atomic E-state index is 13.7. The lowest BCUT2D eigenvalue weighted by Gasteiger charge is -2.26. The zero-order valence-corrected chi connectivity index (χ0v) is 12.4. The maximum Gasteiger partial charge on any atom is 0.127 e. The van der Waals surface area contributed by atoms with E-state index < -0.39 is 0 Å². The molecule has 1 N–H and O–H groups in total. The summed E-state index contributed by atoms with van der Waals surface area (Å²) in [6.07, 6.45) is 0.709. The van der Waals surface area contributed by atoms with Crippen LogP contribution in [0.15, 0.2) is 18.2 Å². The van der Waals surface area contributed by atoms with E-state index in [1.165, 1.54) is 6.07 Å². The molecule has 0 aromatic heterocycles. The van der Waals surface area contributed by atoms with Gasteiger partial charge in [0, 0.05) is 11.6 Å². The fraction of sp³-hybridized carbons (Fsp3) is 0.600. The molecule has 0 atom stereocenters. The van der Waals surface area contributed by atoms with Gasteiger partial charge in [0.2, 0.25) is 0 Å². The normalized spacial score (nSPS) is 12.2. The number of rotatable bonds is 6. The van der Waals surface area contributed by atoms with Crippen LogP contribution >= 0.6 is 11.6 Å². The topological polar surface area (TPSA) is 12.0 Å². The van der Waals surface area contributed by atoms with E-state index in [-0.39, 0.29) is 11.2 Å². The predicted octanol–water partition coefficient (Wildman–Crippen LogP) is 4.29. The highest BCUT2D eigenvalue weighted by atomic mass is 35.5. The molecule has 0 aliphatic carbocycles. The second-order valence-electron chi connectivity index (χ2n) is 6.10. The van der Waals surface area contributed by atoms with Gasteiger partial charge in [-0.25, -0.2) is 4.39 Å². The van der Waals surface area contributed by atoms with Crippen LogP contribution in [0.2, 0.25) is 5.02 Å². The first-order chi connectivity index (χ1) is 8.30. The molecule has 0 aliphatic heterocycles. The molecule has 102 valence electrons. The Hall–Kier alpha value is -0.600. The van der Waals surface area contributed by atoms with Gasteiger partial charge >= 0.3 is 0 Å². The third kappa shape index (κ3) is 5.36. The minimum atomic E-state index is -0.209. The van der Waals surface area contributed by atoms with Crippen LogP contribution in [0, 0.1) is 17.2 Å². The molecule has 1 nitrogen and oxygen atoms in total. The number of benzene rings is 1. The molecular formula is C15H23ClFN. The summed E-state index contributed by atoms with van der Waals surface area (Å²) in [5.74, 6) is 0.424. The second-order valence-corrected chi connectivity index (χ2v) is 6.54. The van der Waals surface area contributed by atoms with Crippen molar-refractivity contribution in [3.63, 3.8) is 0 Å². The predicted molar refractivity (Wildman–Crippen MR) is 76.6 cm³/mol. The highest BCUT2D eigenvalue weighted by Gasteiger charge is 2.20. The van der Waals surface area contributed by atoms with Crippen LogP contribution in [0.1, 0.15) is 33.3 Å². The monoisotopic (exact) mass is 271 g/mol. The summed E-state index contributed by atoms with van der Waals surface area (Å²) in [4.78, 5) is 0. The number of halogens is 2. The molecule has 18 heavy (non-hydrogen) atoms. The summed E-state index contributed by atoms with van der Waals surface area (Å²) in [7, 11) is 0. The molecule has 0 bridgehead atoms. The average Bonchev–Trinajstić information content (AvgIpc) is 2.21. The summed E-state index contributed by atoms with van der Waals surface area (Å²) < 4.78 is 13.7. The SMILES string of the molecule is CC(C)CNCC(C)(C)Cc1ccc(Cl)cc1F. The highest BCUT2D eigenvalue weighted by molar-refractivity contribution is 6.30. The molecule has 0 unspecified atom stereocenters. The first-order valence-corrected chi connectivity index (χ1v) is 6.82. The summed E-state index contributed by atoms with van der Waals surface area (Å²) in [5.41, 5.74) is 0.763. The summed E-state index contributed by atoms with van der Waals surface area (Å²) in [6, 6.07) is 4.91. The number of hydrogen-bond acceptors (Lipinski definition) is 1. The van der Waals surface area contributed by atoms with Gasteiger partial charge in [-0.3, -0.25) is 0 Å². The minimum Gasteiger partial charge on any atom is -0.316 e. The Morgan fingerprint density at radius 2 is 2.00 bits per heavy atom. The Bertz CT molecular complexity index is 388. The Balaban J connectivity index is 2.58. The van der Waals surface area contributed by atoms with Crippen LogP contribution in [0.5, 0.6) is 0 Å². The van der Waals surface area contributed by atoms with Gasteiger partial charge in [-0.15, -0.1) is 0 Å². The summed E-state index contributed by atoms with van der Waals surface area (Å²) >= 11 is 5.75. The van der Waals surface area contributed by atoms with Crippen molar-refractivity contribution in [2.45, 2.75) is 34.1 Å². The molecule has 0 radical (unpaired) electrons.